The fraction of sp³-hybridized carbons (Fsp3) is 0.625. The van der Waals surface area contributed by atoms with Gasteiger partial charge in [0.05, 0.1) is 17.1 Å². The number of hydrogen-bond donors (Lipinski definition) is 1. The highest BCUT2D eigenvalue weighted by atomic mass is 32.2. The first kappa shape index (κ1) is 16.5. The minimum atomic E-state index is -0.716. The van der Waals surface area contributed by atoms with E-state index in [9.17, 15) is 5.11 Å². The molecule has 0 radical (unpaired) electrons. The van der Waals surface area contributed by atoms with E-state index < -0.39 is 6.10 Å². The molecule has 0 aliphatic carbocycles. The van der Waals surface area contributed by atoms with Gasteiger partial charge in [-0.05, 0) is 43.5 Å². The Balaban J connectivity index is 1.73. The molecule has 0 aromatic carbocycles. The summed E-state index contributed by atoms with van der Waals surface area (Å²) in [7, 11) is 1.84. The molecule has 0 spiro atoms. The number of nitrogens with zero attached hydrogens (tertiary/aromatic N) is 5. The molecule has 126 valence electrons. The third-order valence-corrected chi connectivity index (χ3v) is 5.05. The normalized spacial score (nSPS) is 17.0. The molecule has 6 nitrogen and oxygen atoms in total. The van der Waals surface area contributed by atoms with Crippen LogP contribution in [0.5, 0.6) is 0 Å². The van der Waals surface area contributed by atoms with Gasteiger partial charge in [-0.3, -0.25) is 14.3 Å². The molecule has 3 heterocycles. The van der Waals surface area contributed by atoms with Crippen LogP contribution in [0.2, 0.25) is 0 Å². The van der Waals surface area contributed by atoms with Gasteiger partial charge in [-0.25, -0.2) is 0 Å². The quantitative estimate of drug-likeness (QED) is 0.814. The Labute approximate surface area is 141 Å². The van der Waals surface area contributed by atoms with Gasteiger partial charge >= 0.3 is 0 Å². The Hall–Kier alpha value is -1.31. The van der Waals surface area contributed by atoms with Gasteiger partial charge in [-0.1, -0.05) is 0 Å². The van der Waals surface area contributed by atoms with Crippen LogP contribution in [0.1, 0.15) is 36.0 Å². The molecule has 1 aliphatic rings. The molecule has 0 bridgehead atoms. The van der Waals surface area contributed by atoms with E-state index in [0.29, 0.717) is 0 Å². The summed E-state index contributed by atoms with van der Waals surface area (Å²) in [4.78, 5) is 2.50. The van der Waals surface area contributed by atoms with Crippen LogP contribution in [0.15, 0.2) is 18.3 Å². The van der Waals surface area contributed by atoms with E-state index in [1.54, 1.807) is 10.9 Å². The number of aliphatic hydroxyl groups is 1. The van der Waals surface area contributed by atoms with Crippen molar-refractivity contribution in [2.45, 2.75) is 32.0 Å². The number of aromatic nitrogens is 4. The molecule has 3 rings (SSSR count). The van der Waals surface area contributed by atoms with Crippen LogP contribution in [-0.4, -0.2) is 54.7 Å². The van der Waals surface area contributed by atoms with E-state index in [1.807, 2.05) is 30.9 Å². The van der Waals surface area contributed by atoms with Gasteiger partial charge in [-0.2, -0.15) is 22.0 Å². The van der Waals surface area contributed by atoms with Crippen LogP contribution in [0.4, 0.5) is 0 Å². The first-order chi connectivity index (χ1) is 11.2. The SMILES string of the molecule is CSCCCN1CCCn2nc([C@@H](O)c3ccnn3C)cc2C1. The highest BCUT2D eigenvalue weighted by Crippen LogP contribution is 2.23. The average molecular weight is 335 g/mol. The van der Waals surface area contributed by atoms with Crippen LogP contribution in [-0.2, 0) is 20.1 Å². The van der Waals surface area contributed by atoms with Crippen LogP contribution in [0.25, 0.3) is 0 Å². The molecule has 1 atom stereocenters. The van der Waals surface area contributed by atoms with Crippen molar-refractivity contribution in [1.29, 1.82) is 0 Å². The zero-order chi connectivity index (χ0) is 16.2. The van der Waals surface area contributed by atoms with E-state index in [1.165, 1.54) is 17.9 Å². The summed E-state index contributed by atoms with van der Waals surface area (Å²) in [6.45, 7) is 4.09. The maximum atomic E-state index is 10.6. The predicted octanol–water partition coefficient (Wildman–Crippen LogP) is 1.66. The molecule has 0 saturated heterocycles. The molecule has 0 fully saturated rings. The molecule has 0 unspecified atom stereocenters. The molecular weight excluding hydrogens is 310 g/mol. The van der Waals surface area contributed by atoms with Gasteiger partial charge in [0, 0.05) is 32.9 Å². The summed E-state index contributed by atoms with van der Waals surface area (Å²) in [5.41, 5.74) is 2.69. The molecule has 1 aliphatic heterocycles. The van der Waals surface area contributed by atoms with E-state index in [0.717, 1.165) is 44.0 Å². The second kappa shape index (κ2) is 7.51. The molecular formula is C16H25N5OS. The lowest BCUT2D eigenvalue weighted by atomic mass is 10.2. The Kier molecular flexibility index (Phi) is 5.40. The van der Waals surface area contributed by atoms with Crippen LogP contribution < -0.4 is 0 Å². The van der Waals surface area contributed by atoms with Crippen molar-refractivity contribution < 1.29 is 5.11 Å². The average Bonchev–Trinajstić information content (AvgIpc) is 3.09. The highest BCUT2D eigenvalue weighted by molar-refractivity contribution is 7.98. The fourth-order valence-electron chi connectivity index (χ4n) is 3.11. The largest absolute Gasteiger partial charge is 0.380 e. The summed E-state index contributed by atoms with van der Waals surface area (Å²) >= 11 is 1.90. The van der Waals surface area contributed by atoms with E-state index >= 15 is 0 Å². The number of aliphatic hydroxyl groups excluding tert-OH is 1. The van der Waals surface area contributed by atoms with Gasteiger partial charge < -0.3 is 5.11 Å². The van der Waals surface area contributed by atoms with Gasteiger partial charge in [0.2, 0.25) is 0 Å². The highest BCUT2D eigenvalue weighted by Gasteiger charge is 2.22. The molecule has 2 aromatic rings. The minimum absolute atomic E-state index is 0.716. The van der Waals surface area contributed by atoms with E-state index in [-0.39, 0.29) is 0 Å². The number of rotatable bonds is 6. The predicted molar refractivity (Wildman–Crippen MR) is 92.4 cm³/mol. The van der Waals surface area contributed by atoms with Crippen LogP contribution >= 0.6 is 11.8 Å². The van der Waals surface area contributed by atoms with Crippen LogP contribution in [0.3, 0.4) is 0 Å². The Morgan fingerprint density at radius 3 is 3.00 bits per heavy atom. The molecule has 2 aromatic heterocycles. The maximum absolute atomic E-state index is 10.6. The zero-order valence-electron chi connectivity index (χ0n) is 13.9. The van der Waals surface area contributed by atoms with E-state index in [4.69, 9.17) is 0 Å². The number of aryl methyl sites for hydroxylation is 2. The lowest BCUT2D eigenvalue weighted by Gasteiger charge is -2.18. The first-order valence-corrected chi connectivity index (χ1v) is 9.52. The summed E-state index contributed by atoms with van der Waals surface area (Å²) in [5, 5.41) is 19.3. The third-order valence-electron chi connectivity index (χ3n) is 4.35. The lowest BCUT2D eigenvalue weighted by molar-refractivity contribution is 0.203. The lowest BCUT2D eigenvalue weighted by Crippen LogP contribution is -2.24. The Morgan fingerprint density at radius 2 is 2.26 bits per heavy atom. The standard InChI is InChI=1S/C16H25N5OS/c1-19-15(5-6-17-19)16(22)14-11-13-12-20(8-4-10-23-2)7-3-9-21(13)18-14/h5-6,11,16,22H,3-4,7-10,12H2,1-2H3/t16-/m1/s1. The van der Waals surface area contributed by atoms with Gasteiger partial charge in [0.1, 0.15) is 6.10 Å². The van der Waals surface area contributed by atoms with Crippen molar-refractivity contribution in [2.24, 2.45) is 7.05 Å². The van der Waals surface area contributed by atoms with Gasteiger partial charge in [0.25, 0.3) is 0 Å². The number of thioether (sulfide) groups is 1. The smallest absolute Gasteiger partial charge is 0.139 e. The summed E-state index contributed by atoms with van der Waals surface area (Å²) < 4.78 is 3.76. The van der Waals surface area contributed by atoms with Crippen molar-refractivity contribution in [3.05, 3.63) is 35.4 Å². The molecule has 0 amide bonds. The van der Waals surface area contributed by atoms with Crippen molar-refractivity contribution in [3.8, 4) is 0 Å². The first-order valence-electron chi connectivity index (χ1n) is 8.13. The minimum Gasteiger partial charge on any atom is -0.380 e. The summed E-state index contributed by atoms with van der Waals surface area (Å²) in [6.07, 6.45) is 5.47. The van der Waals surface area contributed by atoms with Gasteiger partial charge in [-0.15, -0.1) is 0 Å². The molecule has 0 saturated carbocycles. The second-order valence-corrected chi connectivity index (χ2v) is 7.03. The summed E-state index contributed by atoms with van der Waals surface area (Å²) in [6, 6.07) is 3.88. The Morgan fingerprint density at radius 1 is 1.39 bits per heavy atom. The second-order valence-electron chi connectivity index (χ2n) is 6.04. The maximum Gasteiger partial charge on any atom is 0.139 e. The monoisotopic (exact) mass is 335 g/mol. The number of hydrogen-bond acceptors (Lipinski definition) is 5. The van der Waals surface area contributed by atoms with Crippen molar-refractivity contribution in [3.63, 3.8) is 0 Å². The van der Waals surface area contributed by atoms with Crippen molar-refractivity contribution >= 4 is 11.8 Å². The zero-order valence-corrected chi connectivity index (χ0v) is 14.7. The van der Waals surface area contributed by atoms with Crippen molar-refractivity contribution in [2.75, 3.05) is 25.1 Å². The Bertz CT molecular complexity index is 638. The van der Waals surface area contributed by atoms with Gasteiger partial charge in [0.15, 0.2) is 0 Å². The summed E-state index contributed by atoms with van der Waals surface area (Å²) in [5.74, 6) is 1.21. The molecule has 1 N–H and O–H groups in total. The molecule has 7 heteroatoms. The number of fused-ring (bicyclic) bond motifs is 1. The van der Waals surface area contributed by atoms with E-state index in [2.05, 4.69) is 26.0 Å². The van der Waals surface area contributed by atoms with Crippen molar-refractivity contribution in [1.82, 2.24) is 24.5 Å². The third kappa shape index (κ3) is 3.79. The fourth-order valence-corrected chi connectivity index (χ4v) is 3.53. The molecule has 23 heavy (non-hydrogen) atoms. The topological polar surface area (TPSA) is 59.1 Å². The van der Waals surface area contributed by atoms with Crippen LogP contribution in [0, 0.1) is 0 Å².